The first-order valence-electron chi connectivity index (χ1n) is 5.44. The van der Waals surface area contributed by atoms with E-state index >= 15 is 0 Å². The van der Waals surface area contributed by atoms with Gasteiger partial charge in [0.15, 0.2) is 0 Å². The Labute approximate surface area is 106 Å². The Morgan fingerprint density at radius 3 is 2.65 bits per heavy atom. The molecule has 2 aromatic carbocycles. The second kappa shape index (κ2) is 5.11. The Kier molecular flexibility index (Phi) is 3.55. The van der Waals surface area contributed by atoms with Crippen LogP contribution in [0.4, 0.5) is 5.69 Å². The molecule has 0 unspecified atom stereocenters. The minimum absolute atomic E-state index is 0.278. The Morgan fingerprint density at radius 1 is 1.18 bits per heavy atom. The van der Waals surface area contributed by atoms with Crippen LogP contribution in [0.15, 0.2) is 42.5 Å². The van der Waals surface area contributed by atoms with Crippen molar-refractivity contribution in [2.75, 3.05) is 5.32 Å². The van der Waals surface area contributed by atoms with Gasteiger partial charge in [-0.3, -0.25) is 0 Å². The standard InChI is InChI=1S/C14H14ClNO/c1-10-4-2-7-13(15)14(10)16-9-11-5-3-6-12(17)8-11/h2-8,16-17H,9H2,1H3. The number of halogens is 1. The van der Waals surface area contributed by atoms with E-state index in [1.807, 2.05) is 37.3 Å². The molecule has 88 valence electrons. The third-order valence-electron chi connectivity index (χ3n) is 2.60. The number of benzene rings is 2. The van der Waals surface area contributed by atoms with Crippen molar-refractivity contribution in [3.8, 4) is 5.75 Å². The van der Waals surface area contributed by atoms with Crippen LogP contribution in [0.3, 0.4) is 0 Å². The average Bonchev–Trinajstić information content (AvgIpc) is 2.28. The van der Waals surface area contributed by atoms with Gasteiger partial charge in [-0.25, -0.2) is 0 Å². The Balaban J connectivity index is 2.13. The van der Waals surface area contributed by atoms with E-state index in [-0.39, 0.29) is 5.75 Å². The SMILES string of the molecule is Cc1cccc(Cl)c1NCc1cccc(O)c1. The summed E-state index contributed by atoms with van der Waals surface area (Å²) in [4.78, 5) is 0. The molecule has 0 radical (unpaired) electrons. The zero-order valence-corrected chi connectivity index (χ0v) is 10.3. The maximum Gasteiger partial charge on any atom is 0.115 e. The van der Waals surface area contributed by atoms with Crippen molar-refractivity contribution in [1.82, 2.24) is 0 Å². The number of phenols is 1. The normalized spacial score (nSPS) is 10.2. The maximum absolute atomic E-state index is 9.37. The lowest BCUT2D eigenvalue weighted by Gasteiger charge is -2.11. The summed E-state index contributed by atoms with van der Waals surface area (Å²) in [5.41, 5.74) is 3.07. The van der Waals surface area contributed by atoms with Gasteiger partial charge in [0.05, 0.1) is 10.7 Å². The highest BCUT2D eigenvalue weighted by atomic mass is 35.5. The van der Waals surface area contributed by atoms with Gasteiger partial charge < -0.3 is 10.4 Å². The van der Waals surface area contributed by atoms with Crippen molar-refractivity contribution in [2.24, 2.45) is 0 Å². The molecule has 3 heteroatoms. The summed E-state index contributed by atoms with van der Waals surface area (Å²) in [6.07, 6.45) is 0. The summed E-state index contributed by atoms with van der Waals surface area (Å²) in [5, 5.41) is 13.4. The Hall–Kier alpha value is -1.67. The van der Waals surface area contributed by atoms with Crippen LogP contribution >= 0.6 is 11.6 Å². The molecule has 0 saturated heterocycles. The van der Waals surface area contributed by atoms with Gasteiger partial charge in [0.2, 0.25) is 0 Å². The Bertz CT molecular complexity index is 505. The molecule has 2 aromatic rings. The maximum atomic E-state index is 9.37. The molecular weight excluding hydrogens is 234 g/mol. The van der Waals surface area contributed by atoms with E-state index in [1.54, 1.807) is 12.1 Å². The number of phenolic OH excluding ortho intramolecular Hbond substituents is 1. The number of hydrogen-bond acceptors (Lipinski definition) is 2. The molecule has 0 amide bonds. The molecule has 2 rings (SSSR count). The number of aryl methyl sites for hydroxylation is 1. The van der Waals surface area contributed by atoms with Crippen LogP contribution in [0, 0.1) is 6.92 Å². The van der Waals surface area contributed by atoms with Gasteiger partial charge in [0.25, 0.3) is 0 Å². The van der Waals surface area contributed by atoms with Gasteiger partial charge in [-0.1, -0.05) is 35.9 Å². The van der Waals surface area contributed by atoms with Crippen LogP contribution in [0.5, 0.6) is 5.75 Å². The minimum atomic E-state index is 0.278. The highest BCUT2D eigenvalue weighted by molar-refractivity contribution is 6.33. The van der Waals surface area contributed by atoms with Crippen LogP contribution in [0.1, 0.15) is 11.1 Å². The average molecular weight is 248 g/mol. The predicted octanol–water partition coefficient (Wildman–Crippen LogP) is 3.97. The third kappa shape index (κ3) is 2.92. The number of nitrogens with one attached hydrogen (secondary N) is 1. The van der Waals surface area contributed by atoms with Crippen LogP contribution in [0.25, 0.3) is 0 Å². The molecule has 0 heterocycles. The van der Waals surface area contributed by atoms with Gasteiger partial charge in [0, 0.05) is 6.54 Å². The van der Waals surface area contributed by atoms with Gasteiger partial charge >= 0.3 is 0 Å². The largest absolute Gasteiger partial charge is 0.508 e. The Morgan fingerprint density at radius 2 is 1.94 bits per heavy atom. The summed E-state index contributed by atoms with van der Waals surface area (Å²) in [6.45, 7) is 2.65. The molecule has 17 heavy (non-hydrogen) atoms. The summed E-state index contributed by atoms with van der Waals surface area (Å²) in [6, 6.07) is 13.0. The fourth-order valence-electron chi connectivity index (χ4n) is 1.71. The van der Waals surface area contributed by atoms with Crippen molar-refractivity contribution in [3.05, 3.63) is 58.6 Å². The number of aromatic hydroxyl groups is 1. The minimum Gasteiger partial charge on any atom is -0.508 e. The summed E-state index contributed by atoms with van der Waals surface area (Å²) in [5.74, 6) is 0.278. The fourth-order valence-corrected chi connectivity index (χ4v) is 2.00. The first-order chi connectivity index (χ1) is 8.16. The van der Waals surface area contributed by atoms with Gasteiger partial charge in [-0.2, -0.15) is 0 Å². The number of hydrogen-bond donors (Lipinski definition) is 2. The molecule has 0 fully saturated rings. The molecular formula is C14H14ClNO. The summed E-state index contributed by atoms with van der Waals surface area (Å²) < 4.78 is 0. The zero-order valence-electron chi connectivity index (χ0n) is 9.57. The quantitative estimate of drug-likeness (QED) is 0.860. The first kappa shape index (κ1) is 11.8. The lowest BCUT2D eigenvalue weighted by Crippen LogP contribution is -2.01. The highest BCUT2D eigenvalue weighted by Crippen LogP contribution is 2.25. The van der Waals surface area contributed by atoms with Crippen molar-refractivity contribution in [2.45, 2.75) is 13.5 Å². The van der Waals surface area contributed by atoms with E-state index in [1.165, 1.54) is 0 Å². The molecule has 0 saturated carbocycles. The van der Waals surface area contributed by atoms with Crippen LogP contribution < -0.4 is 5.32 Å². The van der Waals surface area contributed by atoms with Gasteiger partial charge in [-0.15, -0.1) is 0 Å². The van der Waals surface area contributed by atoms with E-state index in [4.69, 9.17) is 11.6 Å². The summed E-state index contributed by atoms with van der Waals surface area (Å²) in [7, 11) is 0. The third-order valence-corrected chi connectivity index (χ3v) is 2.92. The molecule has 0 aliphatic rings. The van der Waals surface area contributed by atoms with Crippen LogP contribution in [0.2, 0.25) is 5.02 Å². The second-order valence-electron chi connectivity index (χ2n) is 3.96. The monoisotopic (exact) mass is 247 g/mol. The fraction of sp³-hybridized carbons (Fsp3) is 0.143. The molecule has 2 N–H and O–H groups in total. The van der Waals surface area contributed by atoms with E-state index in [0.29, 0.717) is 11.6 Å². The van der Waals surface area contributed by atoms with E-state index in [2.05, 4.69) is 5.32 Å². The topological polar surface area (TPSA) is 32.3 Å². The molecule has 0 bridgehead atoms. The van der Waals surface area contributed by atoms with E-state index < -0.39 is 0 Å². The predicted molar refractivity (Wildman–Crippen MR) is 71.6 cm³/mol. The lowest BCUT2D eigenvalue weighted by atomic mass is 10.1. The summed E-state index contributed by atoms with van der Waals surface area (Å²) >= 11 is 6.12. The van der Waals surface area contributed by atoms with Crippen molar-refractivity contribution in [1.29, 1.82) is 0 Å². The van der Waals surface area contributed by atoms with Crippen molar-refractivity contribution < 1.29 is 5.11 Å². The van der Waals surface area contributed by atoms with E-state index in [9.17, 15) is 5.11 Å². The van der Waals surface area contributed by atoms with Crippen molar-refractivity contribution in [3.63, 3.8) is 0 Å². The van der Waals surface area contributed by atoms with Gasteiger partial charge in [-0.05, 0) is 36.2 Å². The lowest BCUT2D eigenvalue weighted by molar-refractivity contribution is 0.474. The number of anilines is 1. The molecule has 0 aromatic heterocycles. The van der Waals surface area contributed by atoms with Gasteiger partial charge in [0.1, 0.15) is 5.75 Å². The molecule has 2 nitrogen and oxygen atoms in total. The van der Waals surface area contributed by atoms with Crippen molar-refractivity contribution >= 4 is 17.3 Å². The second-order valence-corrected chi connectivity index (χ2v) is 4.36. The van der Waals surface area contributed by atoms with E-state index in [0.717, 1.165) is 16.8 Å². The first-order valence-corrected chi connectivity index (χ1v) is 5.81. The van der Waals surface area contributed by atoms with Crippen LogP contribution in [-0.2, 0) is 6.54 Å². The number of rotatable bonds is 3. The van der Waals surface area contributed by atoms with Crippen LogP contribution in [-0.4, -0.2) is 5.11 Å². The molecule has 0 aliphatic heterocycles. The molecule has 0 atom stereocenters. The smallest absolute Gasteiger partial charge is 0.115 e. The molecule has 0 aliphatic carbocycles. The number of para-hydroxylation sites is 1. The highest BCUT2D eigenvalue weighted by Gasteiger charge is 2.03. The molecule has 0 spiro atoms. The zero-order chi connectivity index (χ0) is 12.3.